The SMILES string of the molecule is C[C@@H](Sc1nnc(C(C)(C)C)n1N)C(=O)Nc1ccc(Cl)c(C(F)(F)F)c1. The van der Waals surface area contributed by atoms with Crippen molar-refractivity contribution in [3.05, 3.63) is 34.6 Å². The van der Waals surface area contributed by atoms with Crippen LogP contribution < -0.4 is 11.2 Å². The summed E-state index contributed by atoms with van der Waals surface area (Å²) in [4.78, 5) is 12.3. The minimum atomic E-state index is -4.61. The molecule has 2 rings (SSSR count). The second-order valence-electron chi connectivity index (χ2n) is 6.87. The number of aromatic nitrogens is 3. The number of halogens is 4. The number of anilines is 1. The molecule has 0 saturated carbocycles. The van der Waals surface area contributed by atoms with Crippen LogP contribution in [-0.2, 0) is 16.4 Å². The molecule has 1 aromatic heterocycles. The molecule has 0 spiro atoms. The predicted molar refractivity (Wildman–Crippen MR) is 99.3 cm³/mol. The van der Waals surface area contributed by atoms with Crippen LogP contribution in [0.5, 0.6) is 0 Å². The Hall–Kier alpha value is -1.94. The second-order valence-corrected chi connectivity index (χ2v) is 8.58. The fourth-order valence-corrected chi connectivity index (χ4v) is 3.14. The van der Waals surface area contributed by atoms with Crippen LogP contribution in [0.15, 0.2) is 23.4 Å². The Kier molecular flexibility index (Phi) is 6.00. The monoisotopic (exact) mass is 421 g/mol. The maximum atomic E-state index is 12.9. The first-order chi connectivity index (χ1) is 12.3. The van der Waals surface area contributed by atoms with Gasteiger partial charge in [0.25, 0.3) is 0 Å². The van der Waals surface area contributed by atoms with Crippen LogP contribution in [0.3, 0.4) is 0 Å². The van der Waals surface area contributed by atoms with E-state index in [2.05, 4.69) is 15.5 Å². The van der Waals surface area contributed by atoms with Crippen molar-refractivity contribution >= 4 is 35.0 Å². The Balaban J connectivity index is 2.12. The van der Waals surface area contributed by atoms with Gasteiger partial charge in [-0.25, -0.2) is 4.68 Å². The van der Waals surface area contributed by atoms with E-state index in [0.29, 0.717) is 11.0 Å². The smallest absolute Gasteiger partial charge is 0.336 e. The second kappa shape index (κ2) is 7.59. The number of nitrogen functional groups attached to an aromatic ring is 1. The van der Waals surface area contributed by atoms with Crippen molar-refractivity contribution in [2.75, 3.05) is 11.2 Å². The summed E-state index contributed by atoms with van der Waals surface area (Å²) in [5, 5.41) is 9.66. The van der Waals surface area contributed by atoms with E-state index in [4.69, 9.17) is 17.4 Å². The van der Waals surface area contributed by atoms with Crippen LogP contribution in [0.2, 0.25) is 5.02 Å². The Morgan fingerprint density at radius 3 is 2.44 bits per heavy atom. The largest absolute Gasteiger partial charge is 0.417 e. The number of carbonyl (C=O) groups excluding carboxylic acids is 1. The summed E-state index contributed by atoms with van der Waals surface area (Å²) in [6.45, 7) is 7.35. The topological polar surface area (TPSA) is 85.8 Å². The molecule has 0 radical (unpaired) electrons. The fourth-order valence-electron chi connectivity index (χ4n) is 2.14. The molecule has 0 fully saturated rings. The van der Waals surface area contributed by atoms with Crippen LogP contribution in [0, 0.1) is 0 Å². The van der Waals surface area contributed by atoms with Gasteiger partial charge >= 0.3 is 6.18 Å². The summed E-state index contributed by atoms with van der Waals surface area (Å²) in [5.74, 6) is 6.02. The molecular weight excluding hydrogens is 403 g/mol. The van der Waals surface area contributed by atoms with Crippen molar-refractivity contribution in [3.63, 3.8) is 0 Å². The number of hydrogen-bond acceptors (Lipinski definition) is 5. The summed E-state index contributed by atoms with van der Waals surface area (Å²) in [6, 6.07) is 3.18. The van der Waals surface area contributed by atoms with Gasteiger partial charge in [-0.2, -0.15) is 13.2 Å². The number of thioether (sulfide) groups is 1. The number of carbonyl (C=O) groups is 1. The lowest BCUT2D eigenvalue weighted by Gasteiger charge is -2.17. The van der Waals surface area contributed by atoms with E-state index in [1.54, 1.807) is 6.92 Å². The molecule has 3 N–H and O–H groups in total. The van der Waals surface area contributed by atoms with E-state index in [0.717, 1.165) is 23.9 Å². The van der Waals surface area contributed by atoms with E-state index >= 15 is 0 Å². The third kappa shape index (κ3) is 5.07. The highest BCUT2D eigenvalue weighted by molar-refractivity contribution is 8.00. The molecule has 0 saturated heterocycles. The van der Waals surface area contributed by atoms with Crippen molar-refractivity contribution < 1.29 is 18.0 Å². The number of alkyl halides is 3. The van der Waals surface area contributed by atoms with Crippen LogP contribution in [0.25, 0.3) is 0 Å². The standard InChI is InChI=1S/C16H19ClF3N5OS/c1-8(27-14-24-23-13(25(14)21)15(2,3)4)12(26)22-9-5-6-11(17)10(7-9)16(18,19)20/h5-8H,21H2,1-4H3,(H,22,26)/t8-/m1/s1. The van der Waals surface area contributed by atoms with Crippen LogP contribution in [-0.4, -0.2) is 26.0 Å². The maximum Gasteiger partial charge on any atom is 0.417 e. The third-order valence-electron chi connectivity index (χ3n) is 3.53. The molecule has 0 aliphatic rings. The first-order valence-corrected chi connectivity index (χ1v) is 9.11. The van der Waals surface area contributed by atoms with Gasteiger partial charge in [0.2, 0.25) is 11.1 Å². The Bertz CT molecular complexity index is 848. The van der Waals surface area contributed by atoms with Gasteiger partial charge in [-0.1, -0.05) is 44.1 Å². The van der Waals surface area contributed by atoms with E-state index in [-0.39, 0.29) is 11.1 Å². The number of benzene rings is 1. The summed E-state index contributed by atoms with van der Waals surface area (Å²) < 4.78 is 40.1. The molecule has 1 aromatic carbocycles. The highest BCUT2D eigenvalue weighted by atomic mass is 35.5. The van der Waals surface area contributed by atoms with Crippen molar-refractivity contribution in [2.45, 2.75) is 49.7 Å². The number of rotatable bonds is 4. The lowest BCUT2D eigenvalue weighted by Crippen LogP contribution is -2.26. The average Bonchev–Trinajstić information content (AvgIpc) is 2.89. The van der Waals surface area contributed by atoms with Gasteiger partial charge in [-0.3, -0.25) is 4.79 Å². The van der Waals surface area contributed by atoms with Gasteiger partial charge in [-0.15, -0.1) is 10.2 Å². The highest BCUT2D eigenvalue weighted by Crippen LogP contribution is 2.36. The normalized spacial score (nSPS) is 13.5. The number of amides is 1. The first-order valence-electron chi connectivity index (χ1n) is 7.86. The third-order valence-corrected chi connectivity index (χ3v) is 4.91. The first kappa shape index (κ1) is 21.4. The summed E-state index contributed by atoms with van der Waals surface area (Å²) >= 11 is 6.63. The quantitative estimate of drug-likeness (QED) is 0.573. The maximum absolute atomic E-state index is 12.9. The van der Waals surface area contributed by atoms with Crippen molar-refractivity contribution in [3.8, 4) is 0 Å². The molecule has 27 heavy (non-hydrogen) atoms. The van der Waals surface area contributed by atoms with Crippen molar-refractivity contribution in [2.24, 2.45) is 0 Å². The van der Waals surface area contributed by atoms with Gasteiger partial charge in [0.1, 0.15) is 0 Å². The molecule has 1 heterocycles. The van der Waals surface area contributed by atoms with Crippen molar-refractivity contribution in [1.82, 2.24) is 14.9 Å². The van der Waals surface area contributed by atoms with Gasteiger partial charge in [-0.05, 0) is 25.1 Å². The fraction of sp³-hybridized carbons (Fsp3) is 0.438. The van der Waals surface area contributed by atoms with E-state index in [1.807, 2.05) is 20.8 Å². The minimum Gasteiger partial charge on any atom is -0.336 e. The zero-order valence-corrected chi connectivity index (χ0v) is 16.6. The predicted octanol–water partition coefficient (Wildman–Crippen LogP) is 4.08. The zero-order valence-electron chi connectivity index (χ0n) is 15.1. The summed E-state index contributed by atoms with van der Waals surface area (Å²) in [6.07, 6.45) is -4.61. The van der Waals surface area contributed by atoms with Gasteiger partial charge in [0.15, 0.2) is 5.82 Å². The summed E-state index contributed by atoms with van der Waals surface area (Å²) in [7, 11) is 0. The molecule has 0 aliphatic heterocycles. The van der Waals surface area contributed by atoms with Crippen LogP contribution in [0.1, 0.15) is 39.1 Å². The molecule has 1 atom stereocenters. The molecule has 0 bridgehead atoms. The highest BCUT2D eigenvalue weighted by Gasteiger charge is 2.33. The van der Waals surface area contributed by atoms with Gasteiger partial charge < -0.3 is 11.2 Å². The van der Waals surface area contributed by atoms with Gasteiger partial charge in [0, 0.05) is 11.1 Å². The zero-order chi connectivity index (χ0) is 20.6. The van der Waals surface area contributed by atoms with E-state index in [9.17, 15) is 18.0 Å². The minimum absolute atomic E-state index is 0.00577. The molecule has 0 aliphatic carbocycles. The molecular formula is C16H19ClF3N5OS. The lowest BCUT2D eigenvalue weighted by molar-refractivity contribution is -0.137. The lowest BCUT2D eigenvalue weighted by atomic mass is 9.96. The van der Waals surface area contributed by atoms with Crippen LogP contribution in [0.4, 0.5) is 18.9 Å². The Labute approximate surface area is 163 Å². The van der Waals surface area contributed by atoms with Gasteiger partial charge in [0.05, 0.1) is 15.8 Å². The Morgan fingerprint density at radius 2 is 1.93 bits per heavy atom. The molecule has 148 valence electrons. The molecule has 6 nitrogen and oxygen atoms in total. The number of nitrogens with zero attached hydrogens (tertiary/aromatic N) is 3. The number of nitrogens with two attached hydrogens (primary N) is 1. The molecule has 11 heteroatoms. The number of nitrogens with one attached hydrogen (secondary N) is 1. The Morgan fingerprint density at radius 1 is 1.30 bits per heavy atom. The average molecular weight is 422 g/mol. The molecule has 2 aromatic rings. The number of hydrogen-bond donors (Lipinski definition) is 2. The molecule has 0 unspecified atom stereocenters. The summed E-state index contributed by atoms with van der Waals surface area (Å²) in [5.41, 5.74) is -1.35. The van der Waals surface area contributed by atoms with Crippen molar-refractivity contribution in [1.29, 1.82) is 0 Å². The van der Waals surface area contributed by atoms with E-state index < -0.39 is 27.9 Å². The van der Waals surface area contributed by atoms with E-state index in [1.165, 1.54) is 10.7 Å². The van der Waals surface area contributed by atoms with Crippen LogP contribution >= 0.6 is 23.4 Å². The molecule has 1 amide bonds.